The van der Waals surface area contributed by atoms with Gasteiger partial charge < -0.3 is 9.84 Å². The fourth-order valence-electron chi connectivity index (χ4n) is 3.01. The van der Waals surface area contributed by atoms with Crippen LogP contribution >= 0.6 is 11.6 Å². The molecule has 1 atom stereocenters. The van der Waals surface area contributed by atoms with Gasteiger partial charge in [-0.3, -0.25) is 4.79 Å². The third kappa shape index (κ3) is 5.67. The second-order valence-electron chi connectivity index (χ2n) is 6.67. The number of rotatable bonds is 9. The highest BCUT2D eigenvalue weighted by atomic mass is 35.5. The van der Waals surface area contributed by atoms with Crippen LogP contribution in [0.15, 0.2) is 59.1 Å². The Morgan fingerprint density at radius 2 is 1.79 bits per heavy atom. The Hall–Kier alpha value is -2.66. The van der Waals surface area contributed by atoms with Crippen molar-refractivity contribution in [2.24, 2.45) is 0 Å². The molecule has 1 N–H and O–H groups in total. The van der Waals surface area contributed by atoms with Crippen LogP contribution in [0.2, 0.25) is 5.02 Å². The quantitative estimate of drug-likeness (QED) is 0.557. The maximum absolute atomic E-state index is 12.6. The van der Waals surface area contributed by atoms with Crippen LogP contribution in [-0.4, -0.2) is 16.0 Å². The molecular formula is C22H24ClN3O2. The molecule has 0 saturated carbocycles. The van der Waals surface area contributed by atoms with Crippen molar-refractivity contribution in [1.29, 1.82) is 0 Å². The van der Waals surface area contributed by atoms with Gasteiger partial charge in [0.15, 0.2) is 5.82 Å². The van der Waals surface area contributed by atoms with Crippen LogP contribution in [0.25, 0.3) is 0 Å². The molecule has 0 spiro atoms. The van der Waals surface area contributed by atoms with Crippen LogP contribution in [0.1, 0.15) is 55.1 Å². The molecule has 5 nitrogen and oxygen atoms in total. The molecule has 1 aromatic heterocycles. The van der Waals surface area contributed by atoms with Crippen LogP contribution < -0.4 is 5.32 Å². The maximum atomic E-state index is 12.6. The fraction of sp³-hybridized carbons (Fsp3) is 0.318. The highest BCUT2D eigenvalue weighted by Gasteiger charge is 2.17. The summed E-state index contributed by atoms with van der Waals surface area (Å²) in [6, 6.07) is 17.2. The number of carbonyl (C=O) groups is 1. The third-order valence-electron chi connectivity index (χ3n) is 4.42. The third-order valence-corrected chi connectivity index (χ3v) is 4.67. The molecule has 0 bridgehead atoms. The van der Waals surface area contributed by atoms with E-state index in [4.69, 9.17) is 16.1 Å². The Kier molecular flexibility index (Phi) is 7.20. The molecule has 0 aliphatic rings. The summed E-state index contributed by atoms with van der Waals surface area (Å²) < 4.78 is 5.22. The molecule has 3 rings (SSSR count). The smallest absolute Gasteiger partial charge is 0.226 e. The van der Waals surface area contributed by atoms with Crippen molar-refractivity contribution in [3.8, 4) is 0 Å². The number of nitrogens with one attached hydrogen (secondary N) is 1. The average Bonchev–Trinajstić information content (AvgIpc) is 3.15. The largest absolute Gasteiger partial charge is 0.345 e. The Labute approximate surface area is 170 Å². The molecular weight excluding hydrogens is 374 g/mol. The van der Waals surface area contributed by atoms with E-state index in [1.54, 1.807) is 0 Å². The van der Waals surface area contributed by atoms with Gasteiger partial charge in [0.2, 0.25) is 11.8 Å². The van der Waals surface area contributed by atoms with Gasteiger partial charge in [0.25, 0.3) is 0 Å². The highest BCUT2D eigenvalue weighted by Crippen LogP contribution is 2.23. The number of halogens is 1. The zero-order chi connectivity index (χ0) is 19.8. The minimum atomic E-state index is -0.217. The lowest BCUT2D eigenvalue weighted by atomic mass is 9.98. The van der Waals surface area contributed by atoms with E-state index in [0.717, 1.165) is 29.8 Å². The van der Waals surface area contributed by atoms with Gasteiger partial charge >= 0.3 is 0 Å². The summed E-state index contributed by atoms with van der Waals surface area (Å²) in [5.41, 5.74) is 2.02. The zero-order valence-electron chi connectivity index (χ0n) is 15.9. The standard InChI is InChI=1S/C22H24ClN3O2/c1-2-7-19-24-21(28-26-19)11-6-10-20(27)25-22(16-8-4-3-5-9-16)17-12-14-18(23)15-13-17/h3-5,8-9,12-15,22H,2,6-7,10-11H2,1H3,(H,25,27). The minimum Gasteiger partial charge on any atom is -0.345 e. The lowest BCUT2D eigenvalue weighted by Crippen LogP contribution is -2.29. The van der Waals surface area contributed by atoms with E-state index < -0.39 is 0 Å². The van der Waals surface area contributed by atoms with Crippen LogP contribution in [0.5, 0.6) is 0 Å². The summed E-state index contributed by atoms with van der Waals surface area (Å²) in [7, 11) is 0. The van der Waals surface area contributed by atoms with Gasteiger partial charge in [0.1, 0.15) is 0 Å². The van der Waals surface area contributed by atoms with Crippen molar-refractivity contribution in [3.63, 3.8) is 0 Å². The summed E-state index contributed by atoms with van der Waals surface area (Å²) in [5.74, 6) is 1.31. The van der Waals surface area contributed by atoms with Gasteiger partial charge in [-0.1, -0.05) is 66.1 Å². The molecule has 1 unspecified atom stereocenters. The topological polar surface area (TPSA) is 68.0 Å². The van der Waals surface area contributed by atoms with Crippen molar-refractivity contribution in [3.05, 3.63) is 82.5 Å². The van der Waals surface area contributed by atoms with Gasteiger partial charge in [-0.25, -0.2) is 0 Å². The van der Waals surface area contributed by atoms with Gasteiger partial charge in [-0.15, -0.1) is 0 Å². The monoisotopic (exact) mass is 397 g/mol. The molecule has 28 heavy (non-hydrogen) atoms. The highest BCUT2D eigenvalue weighted by molar-refractivity contribution is 6.30. The number of nitrogens with zero attached hydrogens (tertiary/aromatic N) is 2. The maximum Gasteiger partial charge on any atom is 0.226 e. The molecule has 0 saturated heterocycles. The van der Waals surface area contributed by atoms with Gasteiger partial charge in [0, 0.05) is 24.3 Å². The molecule has 1 amide bonds. The molecule has 6 heteroatoms. The number of amides is 1. The van der Waals surface area contributed by atoms with E-state index in [2.05, 4.69) is 22.4 Å². The van der Waals surface area contributed by atoms with Gasteiger partial charge in [0.05, 0.1) is 6.04 Å². The first kappa shape index (κ1) is 20.1. The summed E-state index contributed by atoms with van der Waals surface area (Å²) in [6.07, 6.45) is 3.43. The van der Waals surface area contributed by atoms with E-state index in [9.17, 15) is 4.79 Å². The molecule has 146 valence electrons. The average molecular weight is 398 g/mol. The van der Waals surface area contributed by atoms with Crippen LogP contribution in [0, 0.1) is 0 Å². The first-order chi connectivity index (χ1) is 13.7. The predicted molar refractivity (Wildman–Crippen MR) is 109 cm³/mol. The summed E-state index contributed by atoms with van der Waals surface area (Å²) >= 11 is 6.01. The van der Waals surface area contributed by atoms with Crippen molar-refractivity contribution < 1.29 is 9.32 Å². The molecule has 0 radical (unpaired) electrons. The molecule has 1 heterocycles. The Balaban J connectivity index is 1.60. The molecule has 2 aromatic carbocycles. The number of benzene rings is 2. The first-order valence-corrected chi connectivity index (χ1v) is 9.94. The second kappa shape index (κ2) is 10.0. The van der Waals surface area contributed by atoms with Crippen molar-refractivity contribution in [2.45, 2.75) is 45.1 Å². The predicted octanol–water partition coefficient (Wildman–Crippen LogP) is 4.90. The minimum absolute atomic E-state index is 0.0166. The molecule has 3 aromatic rings. The Morgan fingerprint density at radius 3 is 2.50 bits per heavy atom. The van der Waals surface area contributed by atoms with Gasteiger partial charge in [-0.2, -0.15) is 4.98 Å². The summed E-state index contributed by atoms with van der Waals surface area (Å²) in [6.45, 7) is 2.07. The summed E-state index contributed by atoms with van der Waals surface area (Å²) in [5, 5.41) is 7.74. The van der Waals surface area contributed by atoms with E-state index in [1.165, 1.54) is 0 Å². The normalized spacial score (nSPS) is 11.9. The van der Waals surface area contributed by atoms with Gasteiger partial charge in [-0.05, 0) is 36.1 Å². The second-order valence-corrected chi connectivity index (χ2v) is 7.11. The SMILES string of the molecule is CCCc1noc(CCCC(=O)NC(c2ccccc2)c2ccc(Cl)cc2)n1. The fourth-order valence-corrected chi connectivity index (χ4v) is 3.14. The number of aryl methyl sites for hydroxylation is 2. The number of hydrogen-bond donors (Lipinski definition) is 1. The molecule has 0 aliphatic carbocycles. The van der Waals surface area contributed by atoms with Crippen molar-refractivity contribution >= 4 is 17.5 Å². The van der Waals surface area contributed by atoms with Crippen LogP contribution in [-0.2, 0) is 17.6 Å². The zero-order valence-corrected chi connectivity index (χ0v) is 16.7. The Morgan fingerprint density at radius 1 is 1.07 bits per heavy atom. The van der Waals surface area contributed by atoms with Crippen molar-refractivity contribution in [1.82, 2.24) is 15.5 Å². The van der Waals surface area contributed by atoms with E-state index in [1.807, 2.05) is 54.6 Å². The number of aromatic nitrogens is 2. The van der Waals surface area contributed by atoms with Crippen LogP contribution in [0.4, 0.5) is 0 Å². The van der Waals surface area contributed by atoms with E-state index >= 15 is 0 Å². The van der Waals surface area contributed by atoms with E-state index in [0.29, 0.717) is 30.2 Å². The number of hydrogen-bond acceptors (Lipinski definition) is 4. The molecule has 0 aliphatic heterocycles. The van der Waals surface area contributed by atoms with Crippen LogP contribution in [0.3, 0.4) is 0 Å². The number of carbonyl (C=O) groups excluding carboxylic acids is 1. The molecule has 0 fully saturated rings. The summed E-state index contributed by atoms with van der Waals surface area (Å²) in [4.78, 5) is 16.9. The van der Waals surface area contributed by atoms with Crippen molar-refractivity contribution in [2.75, 3.05) is 0 Å². The first-order valence-electron chi connectivity index (χ1n) is 9.57. The lowest BCUT2D eigenvalue weighted by molar-refractivity contribution is -0.121. The Bertz CT molecular complexity index is 878. The van der Waals surface area contributed by atoms with E-state index in [-0.39, 0.29) is 11.9 Å². The lowest BCUT2D eigenvalue weighted by Gasteiger charge is -2.20.